The van der Waals surface area contributed by atoms with Gasteiger partial charge in [0.15, 0.2) is 5.13 Å². The molecule has 2 heterocycles. The molecule has 2 aromatic rings. The van der Waals surface area contributed by atoms with Crippen LogP contribution in [0, 0.1) is 0 Å². The number of thiazole rings is 1. The summed E-state index contributed by atoms with van der Waals surface area (Å²) in [5, 5.41) is 14.1. The second-order valence-electron chi connectivity index (χ2n) is 5.17. The van der Waals surface area contributed by atoms with E-state index in [1.54, 1.807) is 24.3 Å². The fourth-order valence-corrected chi connectivity index (χ4v) is 3.30. The first kappa shape index (κ1) is 16.4. The highest BCUT2D eigenvalue weighted by Crippen LogP contribution is 2.28. The quantitative estimate of drug-likeness (QED) is 0.788. The molecule has 0 saturated carbocycles. The Labute approximate surface area is 145 Å². The fourth-order valence-electron chi connectivity index (χ4n) is 2.33. The number of benzene rings is 1. The second-order valence-corrected chi connectivity index (χ2v) is 6.44. The van der Waals surface area contributed by atoms with Gasteiger partial charge in [0.05, 0.1) is 18.5 Å². The third kappa shape index (κ3) is 3.39. The van der Waals surface area contributed by atoms with Crippen LogP contribution in [0.1, 0.15) is 12.1 Å². The average molecular weight is 366 g/mol. The molecule has 0 radical (unpaired) electrons. The van der Waals surface area contributed by atoms with E-state index >= 15 is 0 Å². The van der Waals surface area contributed by atoms with Crippen molar-refractivity contribution in [1.29, 1.82) is 0 Å². The summed E-state index contributed by atoms with van der Waals surface area (Å²) in [7, 11) is 0. The number of rotatable bonds is 5. The van der Waals surface area contributed by atoms with Gasteiger partial charge in [-0.1, -0.05) is 11.6 Å². The number of carboxylic acid groups (broad SMARTS) is 1. The summed E-state index contributed by atoms with van der Waals surface area (Å²) in [4.78, 5) is 40.4. The van der Waals surface area contributed by atoms with E-state index in [-0.39, 0.29) is 23.9 Å². The van der Waals surface area contributed by atoms with Crippen molar-refractivity contribution in [3.63, 3.8) is 0 Å². The van der Waals surface area contributed by atoms with Crippen LogP contribution in [-0.4, -0.2) is 33.9 Å². The number of anilines is 2. The van der Waals surface area contributed by atoms with Gasteiger partial charge in [0, 0.05) is 16.1 Å². The lowest BCUT2D eigenvalue weighted by Crippen LogP contribution is -2.34. The summed E-state index contributed by atoms with van der Waals surface area (Å²) in [6.45, 7) is 0. The van der Waals surface area contributed by atoms with Gasteiger partial charge >= 0.3 is 5.97 Å². The molecule has 1 aliphatic heterocycles. The number of amides is 2. The zero-order valence-corrected chi connectivity index (χ0v) is 13.8. The summed E-state index contributed by atoms with van der Waals surface area (Å²) in [5.74, 6) is -1.80. The first-order valence-corrected chi connectivity index (χ1v) is 8.25. The van der Waals surface area contributed by atoms with Crippen molar-refractivity contribution in [3.05, 3.63) is 40.4 Å². The SMILES string of the molecule is O=C(O)Cc1csc(N2C(=O)CC(Nc3ccc(Cl)cc3)C2=O)n1. The summed E-state index contributed by atoms with van der Waals surface area (Å²) >= 11 is 6.89. The first-order chi connectivity index (χ1) is 11.4. The van der Waals surface area contributed by atoms with Gasteiger partial charge in [-0.05, 0) is 24.3 Å². The topological polar surface area (TPSA) is 99.6 Å². The molecule has 0 bridgehead atoms. The number of hydrogen-bond acceptors (Lipinski definition) is 6. The molecule has 124 valence electrons. The molecule has 9 heteroatoms. The smallest absolute Gasteiger partial charge is 0.309 e. The Morgan fingerprint density at radius 3 is 2.75 bits per heavy atom. The van der Waals surface area contributed by atoms with Crippen molar-refractivity contribution >= 4 is 51.5 Å². The fraction of sp³-hybridized carbons (Fsp3) is 0.200. The van der Waals surface area contributed by atoms with Crippen molar-refractivity contribution in [3.8, 4) is 0 Å². The Balaban J connectivity index is 1.75. The Hall–Kier alpha value is -2.45. The minimum Gasteiger partial charge on any atom is -0.481 e. The summed E-state index contributed by atoms with van der Waals surface area (Å²) < 4.78 is 0. The summed E-state index contributed by atoms with van der Waals surface area (Å²) in [6, 6.07) is 6.11. The maximum absolute atomic E-state index is 12.5. The number of carbonyl (C=O) groups is 3. The summed E-state index contributed by atoms with van der Waals surface area (Å²) in [6.07, 6.45) is -0.242. The molecule has 0 aliphatic carbocycles. The van der Waals surface area contributed by atoms with E-state index in [0.29, 0.717) is 16.4 Å². The Kier molecular flexibility index (Phi) is 4.50. The number of aliphatic carboxylic acids is 1. The van der Waals surface area contributed by atoms with Gasteiger partial charge in [-0.25, -0.2) is 9.88 Å². The predicted molar refractivity (Wildman–Crippen MR) is 89.4 cm³/mol. The predicted octanol–water partition coefficient (Wildman–Crippen LogP) is 2.17. The standard InChI is InChI=1S/C15H12ClN3O4S/c16-8-1-3-9(4-2-8)17-11-6-12(20)19(14(11)23)15-18-10(7-24-15)5-13(21)22/h1-4,7,11,17H,5-6H2,(H,21,22). The van der Waals surface area contributed by atoms with Crippen molar-refractivity contribution in [1.82, 2.24) is 4.98 Å². The zero-order chi connectivity index (χ0) is 17.3. The molecule has 0 spiro atoms. The molecule has 1 aliphatic rings. The van der Waals surface area contributed by atoms with E-state index in [0.717, 1.165) is 16.2 Å². The zero-order valence-electron chi connectivity index (χ0n) is 12.2. The van der Waals surface area contributed by atoms with Crippen molar-refractivity contribution in [2.75, 3.05) is 10.2 Å². The van der Waals surface area contributed by atoms with Gasteiger partial charge in [0.25, 0.3) is 5.91 Å². The number of imide groups is 1. The molecular weight excluding hydrogens is 354 g/mol. The van der Waals surface area contributed by atoms with Crippen LogP contribution in [0.4, 0.5) is 10.8 Å². The third-order valence-corrected chi connectivity index (χ3v) is 4.52. The van der Waals surface area contributed by atoms with E-state index in [4.69, 9.17) is 16.7 Å². The second kappa shape index (κ2) is 6.58. The van der Waals surface area contributed by atoms with Crippen LogP contribution in [0.15, 0.2) is 29.6 Å². The molecule has 3 rings (SSSR count). The Bertz CT molecular complexity index is 805. The number of nitrogens with zero attached hydrogens (tertiary/aromatic N) is 2. The number of aromatic nitrogens is 1. The van der Waals surface area contributed by atoms with Crippen molar-refractivity contribution in [2.24, 2.45) is 0 Å². The molecule has 2 N–H and O–H groups in total. The number of nitrogens with one attached hydrogen (secondary N) is 1. The third-order valence-electron chi connectivity index (χ3n) is 3.40. The average Bonchev–Trinajstić information content (AvgIpc) is 3.06. The monoisotopic (exact) mass is 365 g/mol. The highest BCUT2D eigenvalue weighted by molar-refractivity contribution is 7.14. The van der Waals surface area contributed by atoms with E-state index in [1.807, 2.05) is 0 Å². The number of hydrogen-bond donors (Lipinski definition) is 2. The van der Waals surface area contributed by atoms with Gasteiger partial charge in [-0.15, -0.1) is 11.3 Å². The highest BCUT2D eigenvalue weighted by atomic mass is 35.5. The Morgan fingerprint density at radius 2 is 2.08 bits per heavy atom. The van der Waals surface area contributed by atoms with E-state index in [2.05, 4.69) is 10.3 Å². The first-order valence-electron chi connectivity index (χ1n) is 6.99. The van der Waals surface area contributed by atoms with Crippen LogP contribution in [-0.2, 0) is 20.8 Å². The molecule has 1 atom stereocenters. The molecule has 24 heavy (non-hydrogen) atoms. The molecule has 1 aromatic heterocycles. The lowest BCUT2D eigenvalue weighted by molar-refractivity contribution is -0.136. The van der Waals surface area contributed by atoms with Crippen LogP contribution in [0.3, 0.4) is 0 Å². The largest absolute Gasteiger partial charge is 0.481 e. The maximum Gasteiger partial charge on any atom is 0.309 e. The molecule has 7 nitrogen and oxygen atoms in total. The highest BCUT2D eigenvalue weighted by Gasteiger charge is 2.41. The molecule has 2 amide bonds. The van der Waals surface area contributed by atoms with Gasteiger partial charge < -0.3 is 10.4 Å². The van der Waals surface area contributed by atoms with Gasteiger partial charge in [0.1, 0.15) is 6.04 Å². The van der Waals surface area contributed by atoms with Crippen LogP contribution in [0.25, 0.3) is 0 Å². The van der Waals surface area contributed by atoms with Gasteiger partial charge in [-0.2, -0.15) is 0 Å². The van der Waals surface area contributed by atoms with Crippen LogP contribution >= 0.6 is 22.9 Å². The van der Waals surface area contributed by atoms with E-state index in [1.165, 1.54) is 5.38 Å². The van der Waals surface area contributed by atoms with Crippen LogP contribution in [0.2, 0.25) is 5.02 Å². The molecular formula is C15H12ClN3O4S. The molecule has 1 aromatic carbocycles. The number of carboxylic acids is 1. The van der Waals surface area contributed by atoms with E-state index < -0.39 is 17.9 Å². The number of carbonyl (C=O) groups excluding carboxylic acids is 2. The minimum absolute atomic E-state index is 0.00923. The van der Waals surface area contributed by atoms with Gasteiger partial charge in [-0.3, -0.25) is 14.4 Å². The molecule has 1 fully saturated rings. The Morgan fingerprint density at radius 1 is 1.38 bits per heavy atom. The maximum atomic E-state index is 12.5. The normalized spacial score (nSPS) is 17.4. The van der Waals surface area contributed by atoms with Gasteiger partial charge in [0.2, 0.25) is 5.91 Å². The summed E-state index contributed by atoms with van der Waals surface area (Å²) in [5.41, 5.74) is 0.996. The minimum atomic E-state index is -1.02. The lowest BCUT2D eigenvalue weighted by atomic mass is 10.2. The van der Waals surface area contributed by atoms with Crippen LogP contribution < -0.4 is 10.2 Å². The van der Waals surface area contributed by atoms with E-state index in [9.17, 15) is 14.4 Å². The molecule has 1 unspecified atom stereocenters. The molecule has 1 saturated heterocycles. The van der Waals surface area contributed by atoms with Crippen molar-refractivity contribution in [2.45, 2.75) is 18.9 Å². The lowest BCUT2D eigenvalue weighted by Gasteiger charge is -2.13. The van der Waals surface area contributed by atoms with Crippen molar-refractivity contribution < 1.29 is 19.5 Å². The van der Waals surface area contributed by atoms with Crippen LogP contribution in [0.5, 0.6) is 0 Å². The number of halogens is 1.